The molecule has 1 aliphatic rings. The summed E-state index contributed by atoms with van der Waals surface area (Å²) in [6.07, 6.45) is 5.39. The van der Waals surface area contributed by atoms with Gasteiger partial charge in [-0.3, -0.25) is 9.59 Å². The zero-order valence-corrected chi connectivity index (χ0v) is 17.1. The first-order chi connectivity index (χ1) is 13.4. The van der Waals surface area contributed by atoms with Crippen molar-refractivity contribution in [3.05, 3.63) is 53.3 Å². The standard InChI is InChI=1S/C21H27ClN4O2/c1-15(2)26-11-8-19(9-12-26)24-21(28)16-7-10-25(13-16)14-20(27)23-18-5-3-17(22)4-6-18/h3-7,10,13,15,19H,8-9,11-12,14H2,1-2H3,(H,23,27)(H,24,28). The van der Waals surface area contributed by atoms with Gasteiger partial charge in [0.05, 0.1) is 5.56 Å². The lowest BCUT2D eigenvalue weighted by Crippen LogP contribution is -2.46. The summed E-state index contributed by atoms with van der Waals surface area (Å²) >= 11 is 5.84. The summed E-state index contributed by atoms with van der Waals surface area (Å²) < 4.78 is 1.71. The summed E-state index contributed by atoms with van der Waals surface area (Å²) in [5, 5.41) is 6.55. The Hall–Kier alpha value is -2.31. The minimum Gasteiger partial charge on any atom is -0.349 e. The molecule has 0 saturated carbocycles. The van der Waals surface area contributed by atoms with Crippen molar-refractivity contribution >= 4 is 29.1 Å². The fourth-order valence-corrected chi connectivity index (χ4v) is 3.53. The molecule has 2 N–H and O–H groups in total. The maximum absolute atomic E-state index is 12.5. The molecule has 6 nitrogen and oxygen atoms in total. The van der Waals surface area contributed by atoms with E-state index in [4.69, 9.17) is 11.6 Å². The highest BCUT2D eigenvalue weighted by molar-refractivity contribution is 6.30. The van der Waals surface area contributed by atoms with Crippen molar-refractivity contribution in [1.29, 1.82) is 0 Å². The Morgan fingerprint density at radius 3 is 2.46 bits per heavy atom. The van der Waals surface area contributed by atoms with E-state index in [9.17, 15) is 9.59 Å². The minimum absolute atomic E-state index is 0.0835. The number of hydrogen-bond donors (Lipinski definition) is 2. The number of carbonyl (C=O) groups excluding carboxylic acids is 2. The molecule has 2 amide bonds. The number of carbonyl (C=O) groups is 2. The molecular weight excluding hydrogens is 376 g/mol. The molecule has 0 aliphatic carbocycles. The van der Waals surface area contributed by atoms with Crippen LogP contribution in [0.4, 0.5) is 5.69 Å². The molecular formula is C21H27ClN4O2. The van der Waals surface area contributed by atoms with Crippen molar-refractivity contribution < 1.29 is 9.59 Å². The second-order valence-electron chi connectivity index (χ2n) is 7.51. The van der Waals surface area contributed by atoms with Gasteiger partial charge in [-0.1, -0.05) is 11.6 Å². The predicted octanol–water partition coefficient (Wildman–Crippen LogP) is 3.38. The Labute approximate surface area is 170 Å². The van der Waals surface area contributed by atoms with E-state index in [1.807, 2.05) is 0 Å². The van der Waals surface area contributed by atoms with E-state index in [1.165, 1.54) is 0 Å². The van der Waals surface area contributed by atoms with Gasteiger partial charge in [0, 0.05) is 48.3 Å². The van der Waals surface area contributed by atoms with Gasteiger partial charge < -0.3 is 20.1 Å². The van der Waals surface area contributed by atoms with Gasteiger partial charge in [-0.15, -0.1) is 0 Å². The highest BCUT2D eigenvalue weighted by atomic mass is 35.5. The van der Waals surface area contributed by atoms with Gasteiger partial charge in [0.1, 0.15) is 6.54 Å². The Morgan fingerprint density at radius 2 is 1.82 bits per heavy atom. The molecule has 1 fully saturated rings. The molecule has 3 rings (SSSR count). The van der Waals surface area contributed by atoms with Crippen LogP contribution in [-0.4, -0.2) is 46.5 Å². The van der Waals surface area contributed by atoms with E-state index in [1.54, 1.807) is 47.3 Å². The Balaban J connectivity index is 1.48. The first-order valence-electron chi connectivity index (χ1n) is 9.67. The lowest BCUT2D eigenvalue weighted by Gasteiger charge is -2.34. The van der Waals surface area contributed by atoms with Crippen molar-refractivity contribution in [2.45, 2.75) is 45.3 Å². The van der Waals surface area contributed by atoms with Crippen LogP contribution in [0.15, 0.2) is 42.7 Å². The molecule has 2 aromatic rings. The molecule has 0 radical (unpaired) electrons. The molecule has 150 valence electrons. The second kappa shape index (κ2) is 9.26. The summed E-state index contributed by atoms with van der Waals surface area (Å²) in [4.78, 5) is 27.1. The van der Waals surface area contributed by atoms with Crippen LogP contribution in [0.2, 0.25) is 5.02 Å². The monoisotopic (exact) mass is 402 g/mol. The zero-order valence-electron chi connectivity index (χ0n) is 16.3. The lowest BCUT2D eigenvalue weighted by atomic mass is 10.0. The minimum atomic E-state index is -0.161. The van der Waals surface area contributed by atoms with Crippen molar-refractivity contribution in [3.8, 4) is 0 Å². The number of hydrogen-bond acceptors (Lipinski definition) is 3. The number of piperidine rings is 1. The van der Waals surface area contributed by atoms with Crippen LogP contribution in [0.3, 0.4) is 0 Å². The van der Waals surface area contributed by atoms with Crippen LogP contribution < -0.4 is 10.6 Å². The van der Waals surface area contributed by atoms with Crippen LogP contribution in [-0.2, 0) is 11.3 Å². The van der Waals surface area contributed by atoms with E-state index in [0.717, 1.165) is 25.9 Å². The highest BCUT2D eigenvalue weighted by Crippen LogP contribution is 2.15. The lowest BCUT2D eigenvalue weighted by molar-refractivity contribution is -0.116. The molecule has 0 atom stereocenters. The molecule has 28 heavy (non-hydrogen) atoms. The third-order valence-electron chi connectivity index (χ3n) is 5.06. The van der Waals surface area contributed by atoms with Gasteiger partial charge in [0.25, 0.3) is 5.91 Å². The fraction of sp³-hybridized carbons (Fsp3) is 0.429. The maximum atomic E-state index is 12.5. The summed E-state index contributed by atoms with van der Waals surface area (Å²) in [5.41, 5.74) is 1.26. The van der Waals surface area contributed by atoms with Gasteiger partial charge in [0.2, 0.25) is 5.91 Å². The molecule has 2 heterocycles. The van der Waals surface area contributed by atoms with Gasteiger partial charge >= 0.3 is 0 Å². The number of nitrogens with zero attached hydrogens (tertiary/aromatic N) is 2. The van der Waals surface area contributed by atoms with Crippen molar-refractivity contribution in [1.82, 2.24) is 14.8 Å². The average Bonchev–Trinajstić information content (AvgIpc) is 3.12. The van der Waals surface area contributed by atoms with Crippen LogP contribution in [0.25, 0.3) is 0 Å². The fourth-order valence-electron chi connectivity index (χ4n) is 3.40. The first kappa shape index (κ1) is 20.4. The van der Waals surface area contributed by atoms with Gasteiger partial charge in [-0.2, -0.15) is 0 Å². The molecule has 7 heteroatoms. The van der Waals surface area contributed by atoms with E-state index < -0.39 is 0 Å². The van der Waals surface area contributed by atoms with Gasteiger partial charge in [-0.05, 0) is 57.0 Å². The number of aromatic nitrogens is 1. The summed E-state index contributed by atoms with van der Waals surface area (Å²) in [6, 6.07) is 9.44. The summed E-state index contributed by atoms with van der Waals surface area (Å²) in [5.74, 6) is -0.245. The Kier molecular flexibility index (Phi) is 6.75. The number of anilines is 1. The van der Waals surface area contributed by atoms with Crippen LogP contribution in [0.1, 0.15) is 37.0 Å². The van der Waals surface area contributed by atoms with E-state index in [0.29, 0.717) is 22.3 Å². The molecule has 1 aromatic heterocycles. The molecule has 1 aromatic carbocycles. The third-order valence-corrected chi connectivity index (χ3v) is 5.31. The van der Waals surface area contributed by atoms with Crippen molar-refractivity contribution in [2.75, 3.05) is 18.4 Å². The second-order valence-corrected chi connectivity index (χ2v) is 7.94. The van der Waals surface area contributed by atoms with Crippen LogP contribution >= 0.6 is 11.6 Å². The molecule has 1 aliphatic heterocycles. The Morgan fingerprint density at radius 1 is 1.14 bits per heavy atom. The number of nitrogens with one attached hydrogen (secondary N) is 2. The molecule has 1 saturated heterocycles. The normalized spacial score (nSPS) is 15.6. The quantitative estimate of drug-likeness (QED) is 0.778. The van der Waals surface area contributed by atoms with Gasteiger partial charge in [-0.25, -0.2) is 0 Å². The largest absolute Gasteiger partial charge is 0.349 e. The Bertz CT molecular complexity index is 808. The number of benzene rings is 1. The zero-order chi connectivity index (χ0) is 20.1. The first-order valence-corrected chi connectivity index (χ1v) is 10.0. The van der Waals surface area contributed by atoms with E-state index in [-0.39, 0.29) is 24.4 Å². The van der Waals surface area contributed by atoms with Crippen LogP contribution in [0, 0.1) is 0 Å². The maximum Gasteiger partial charge on any atom is 0.253 e. The predicted molar refractivity (Wildman–Crippen MR) is 112 cm³/mol. The highest BCUT2D eigenvalue weighted by Gasteiger charge is 2.22. The van der Waals surface area contributed by atoms with Crippen molar-refractivity contribution in [2.24, 2.45) is 0 Å². The molecule has 0 spiro atoms. The van der Waals surface area contributed by atoms with E-state index >= 15 is 0 Å². The van der Waals surface area contributed by atoms with Crippen molar-refractivity contribution in [3.63, 3.8) is 0 Å². The van der Waals surface area contributed by atoms with Gasteiger partial charge in [0.15, 0.2) is 0 Å². The number of rotatable bonds is 6. The van der Waals surface area contributed by atoms with E-state index in [2.05, 4.69) is 29.4 Å². The number of likely N-dealkylation sites (tertiary alicyclic amines) is 1. The molecule has 0 unspecified atom stereocenters. The van der Waals surface area contributed by atoms with Crippen LogP contribution in [0.5, 0.6) is 0 Å². The summed E-state index contributed by atoms with van der Waals surface area (Å²) in [7, 11) is 0. The number of amides is 2. The average molecular weight is 403 g/mol. The smallest absolute Gasteiger partial charge is 0.253 e. The SMILES string of the molecule is CC(C)N1CCC(NC(=O)c2ccn(CC(=O)Nc3ccc(Cl)cc3)c2)CC1. The summed E-state index contributed by atoms with van der Waals surface area (Å²) in [6.45, 7) is 6.56. The number of halogens is 1. The molecule has 0 bridgehead atoms. The topological polar surface area (TPSA) is 66.4 Å². The third kappa shape index (κ3) is 5.59.